The van der Waals surface area contributed by atoms with Gasteiger partial charge in [-0.3, -0.25) is 4.79 Å². The van der Waals surface area contributed by atoms with E-state index in [9.17, 15) is 4.79 Å². The molecule has 0 heterocycles. The molecule has 132 valence electrons. The first kappa shape index (κ1) is 18.3. The van der Waals surface area contributed by atoms with E-state index in [0.717, 1.165) is 6.42 Å². The summed E-state index contributed by atoms with van der Waals surface area (Å²) < 4.78 is 5.83. The van der Waals surface area contributed by atoms with Gasteiger partial charge in [0.25, 0.3) is 5.91 Å². The van der Waals surface area contributed by atoms with Crippen molar-refractivity contribution in [3.05, 3.63) is 94.0 Å². The number of amides is 1. The third kappa shape index (κ3) is 4.57. The maximum Gasteiger partial charge on any atom is 0.259 e. The molecule has 3 rings (SSSR count). The van der Waals surface area contributed by atoms with Crippen LogP contribution in [0.2, 0.25) is 10.0 Å². The predicted octanol–water partition coefficient (Wildman–Crippen LogP) is 5.87. The zero-order chi connectivity index (χ0) is 18.4. The van der Waals surface area contributed by atoms with Crippen molar-refractivity contribution < 1.29 is 9.53 Å². The van der Waals surface area contributed by atoms with E-state index >= 15 is 0 Å². The van der Waals surface area contributed by atoms with Crippen LogP contribution in [0.4, 0.5) is 5.69 Å². The number of carbonyl (C=O) groups excluding carboxylic acids is 1. The predicted molar refractivity (Wildman–Crippen MR) is 106 cm³/mol. The molecule has 3 aromatic carbocycles. The first-order valence-electron chi connectivity index (χ1n) is 8.16. The molecule has 3 aromatic rings. The minimum absolute atomic E-state index is 0.324. The van der Waals surface area contributed by atoms with Gasteiger partial charge in [0.15, 0.2) is 0 Å². The normalized spacial score (nSPS) is 10.4. The van der Waals surface area contributed by atoms with Crippen LogP contribution in [-0.2, 0) is 6.42 Å². The van der Waals surface area contributed by atoms with E-state index in [1.807, 2.05) is 36.4 Å². The van der Waals surface area contributed by atoms with E-state index < -0.39 is 0 Å². The number of para-hydroxylation sites is 2. The fraction of sp³-hybridized carbons (Fsp3) is 0.0952. The summed E-state index contributed by atoms with van der Waals surface area (Å²) in [6, 6.07) is 22.2. The van der Waals surface area contributed by atoms with Crippen LogP contribution in [-0.4, -0.2) is 12.5 Å². The Balaban J connectivity index is 1.71. The van der Waals surface area contributed by atoms with Gasteiger partial charge in [0, 0.05) is 6.42 Å². The number of hydrogen-bond donors (Lipinski definition) is 1. The van der Waals surface area contributed by atoms with Crippen molar-refractivity contribution in [2.45, 2.75) is 6.42 Å². The van der Waals surface area contributed by atoms with Crippen LogP contribution in [0, 0.1) is 0 Å². The summed E-state index contributed by atoms with van der Waals surface area (Å²) in [6.45, 7) is 0.473. The lowest BCUT2D eigenvalue weighted by molar-refractivity contribution is 0.102. The molecule has 0 aliphatic carbocycles. The van der Waals surface area contributed by atoms with Crippen molar-refractivity contribution in [3.8, 4) is 5.75 Å². The zero-order valence-electron chi connectivity index (χ0n) is 13.9. The Labute approximate surface area is 162 Å². The molecule has 0 bridgehead atoms. The molecule has 0 unspecified atom stereocenters. The summed E-state index contributed by atoms with van der Waals surface area (Å²) in [7, 11) is 0. The summed E-state index contributed by atoms with van der Waals surface area (Å²) >= 11 is 12.2. The number of benzene rings is 3. The zero-order valence-corrected chi connectivity index (χ0v) is 15.4. The van der Waals surface area contributed by atoms with Crippen molar-refractivity contribution in [2.24, 2.45) is 0 Å². The first-order chi connectivity index (χ1) is 12.6. The standard InChI is InChI=1S/C21H17Cl2NO2/c22-17-10-6-11-18(23)20(17)24-21(25)16-9-4-5-12-19(16)26-14-13-15-7-2-1-3-8-15/h1-12H,13-14H2,(H,24,25). The van der Waals surface area contributed by atoms with Gasteiger partial charge in [0.1, 0.15) is 5.75 Å². The van der Waals surface area contributed by atoms with Gasteiger partial charge in [0.05, 0.1) is 27.9 Å². The number of halogens is 2. The molecular weight excluding hydrogens is 369 g/mol. The van der Waals surface area contributed by atoms with Crippen molar-refractivity contribution >= 4 is 34.8 Å². The lowest BCUT2D eigenvalue weighted by atomic mass is 10.1. The summed E-state index contributed by atoms with van der Waals surface area (Å²) in [5, 5.41) is 3.53. The fourth-order valence-electron chi connectivity index (χ4n) is 2.50. The highest BCUT2D eigenvalue weighted by atomic mass is 35.5. The molecular formula is C21H17Cl2NO2. The Bertz CT molecular complexity index is 877. The molecule has 26 heavy (non-hydrogen) atoms. The van der Waals surface area contributed by atoms with Crippen molar-refractivity contribution in [2.75, 3.05) is 11.9 Å². The van der Waals surface area contributed by atoms with Crippen LogP contribution in [0.5, 0.6) is 5.75 Å². The molecule has 0 fully saturated rings. The SMILES string of the molecule is O=C(Nc1c(Cl)cccc1Cl)c1ccccc1OCCc1ccccc1. The second-order valence-corrected chi connectivity index (χ2v) is 6.45. The fourth-order valence-corrected chi connectivity index (χ4v) is 2.99. The summed E-state index contributed by atoms with van der Waals surface area (Å²) in [5.41, 5.74) is 1.99. The smallest absolute Gasteiger partial charge is 0.259 e. The van der Waals surface area contributed by atoms with Crippen LogP contribution in [0.25, 0.3) is 0 Å². The molecule has 0 saturated carbocycles. The Hall–Kier alpha value is -2.49. The first-order valence-corrected chi connectivity index (χ1v) is 8.92. The molecule has 0 spiro atoms. The van der Waals surface area contributed by atoms with Crippen molar-refractivity contribution in [1.82, 2.24) is 0 Å². The van der Waals surface area contributed by atoms with E-state index in [-0.39, 0.29) is 5.91 Å². The van der Waals surface area contributed by atoms with Gasteiger partial charge in [-0.05, 0) is 29.8 Å². The minimum atomic E-state index is -0.324. The monoisotopic (exact) mass is 385 g/mol. The molecule has 0 radical (unpaired) electrons. The topological polar surface area (TPSA) is 38.3 Å². The number of rotatable bonds is 6. The van der Waals surface area contributed by atoms with Crippen LogP contribution in [0.1, 0.15) is 15.9 Å². The summed E-state index contributed by atoms with van der Waals surface area (Å²) in [4.78, 5) is 12.7. The van der Waals surface area contributed by atoms with Crippen LogP contribution < -0.4 is 10.1 Å². The maximum atomic E-state index is 12.7. The highest BCUT2D eigenvalue weighted by Gasteiger charge is 2.15. The van der Waals surface area contributed by atoms with Gasteiger partial charge in [-0.25, -0.2) is 0 Å². The van der Waals surface area contributed by atoms with Gasteiger partial charge in [0.2, 0.25) is 0 Å². The molecule has 1 N–H and O–H groups in total. The molecule has 3 nitrogen and oxygen atoms in total. The lowest BCUT2D eigenvalue weighted by Gasteiger charge is -2.13. The molecule has 0 aliphatic rings. The van der Waals surface area contributed by atoms with Gasteiger partial charge < -0.3 is 10.1 Å². The molecule has 0 atom stereocenters. The second-order valence-electron chi connectivity index (χ2n) is 5.63. The van der Waals surface area contributed by atoms with E-state index in [4.69, 9.17) is 27.9 Å². The van der Waals surface area contributed by atoms with Gasteiger partial charge in [-0.15, -0.1) is 0 Å². The Kier molecular flexibility index (Phi) is 6.16. The van der Waals surface area contributed by atoms with E-state index in [0.29, 0.717) is 33.7 Å². The van der Waals surface area contributed by atoms with Gasteiger partial charge in [-0.2, -0.15) is 0 Å². The van der Waals surface area contributed by atoms with E-state index in [2.05, 4.69) is 5.32 Å². The summed E-state index contributed by atoms with van der Waals surface area (Å²) in [6.07, 6.45) is 0.757. The van der Waals surface area contributed by atoms with Crippen LogP contribution in [0.3, 0.4) is 0 Å². The highest BCUT2D eigenvalue weighted by Crippen LogP contribution is 2.31. The Morgan fingerprint density at radius 2 is 1.50 bits per heavy atom. The molecule has 1 amide bonds. The molecule has 0 aliphatic heterocycles. The van der Waals surface area contributed by atoms with Gasteiger partial charge >= 0.3 is 0 Å². The summed E-state index contributed by atoms with van der Waals surface area (Å²) in [5.74, 6) is 0.194. The Morgan fingerprint density at radius 1 is 0.846 bits per heavy atom. The lowest BCUT2D eigenvalue weighted by Crippen LogP contribution is -2.15. The third-order valence-electron chi connectivity index (χ3n) is 3.82. The third-order valence-corrected chi connectivity index (χ3v) is 4.45. The van der Waals surface area contributed by atoms with Crippen LogP contribution in [0.15, 0.2) is 72.8 Å². The average molecular weight is 386 g/mol. The highest BCUT2D eigenvalue weighted by molar-refractivity contribution is 6.40. The van der Waals surface area contributed by atoms with Crippen LogP contribution >= 0.6 is 23.2 Å². The maximum absolute atomic E-state index is 12.7. The number of nitrogens with one attached hydrogen (secondary N) is 1. The van der Waals surface area contributed by atoms with E-state index in [1.54, 1.807) is 36.4 Å². The number of carbonyl (C=O) groups is 1. The number of anilines is 1. The number of hydrogen-bond acceptors (Lipinski definition) is 2. The second kappa shape index (κ2) is 8.75. The molecule has 5 heteroatoms. The van der Waals surface area contributed by atoms with Gasteiger partial charge in [-0.1, -0.05) is 71.7 Å². The van der Waals surface area contributed by atoms with E-state index in [1.165, 1.54) is 5.56 Å². The quantitative estimate of drug-likeness (QED) is 0.576. The van der Waals surface area contributed by atoms with Crippen molar-refractivity contribution in [1.29, 1.82) is 0 Å². The largest absolute Gasteiger partial charge is 0.492 e. The van der Waals surface area contributed by atoms with Crippen molar-refractivity contribution in [3.63, 3.8) is 0 Å². The average Bonchev–Trinajstić information content (AvgIpc) is 2.66. The molecule has 0 aromatic heterocycles. The molecule has 0 saturated heterocycles. The Morgan fingerprint density at radius 3 is 2.23 bits per heavy atom. The number of ether oxygens (including phenoxy) is 1. The minimum Gasteiger partial charge on any atom is -0.492 e.